The summed E-state index contributed by atoms with van der Waals surface area (Å²) in [6.07, 6.45) is 0.286. The first kappa shape index (κ1) is 20.2. The molecule has 0 unspecified atom stereocenters. The van der Waals surface area contributed by atoms with Crippen molar-refractivity contribution in [1.29, 1.82) is 0 Å². The fourth-order valence-corrected chi connectivity index (χ4v) is 3.74. The Morgan fingerprint density at radius 3 is 2.13 bits per heavy atom. The Balaban J connectivity index is 2.91. The van der Waals surface area contributed by atoms with Gasteiger partial charge in [-0.15, -0.1) is 0 Å². The summed E-state index contributed by atoms with van der Waals surface area (Å²) in [6.45, 7) is 18.2. The predicted octanol–water partition coefficient (Wildman–Crippen LogP) is 4.32. The molecule has 134 valence electrons. The first-order valence-corrected chi connectivity index (χ1v) is 11.3. The van der Waals surface area contributed by atoms with Gasteiger partial charge in [-0.2, -0.15) is 0 Å². The Morgan fingerprint density at radius 2 is 1.70 bits per heavy atom. The molecule has 0 spiro atoms. The predicted molar refractivity (Wildman–Crippen MR) is 93.8 cm³/mol. The molecule has 0 aliphatic carbocycles. The Bertz CT molecular complexity index is 462. The third-order valence-corrected chi connectivity index (χ3v) is 9.20. The number of amides is 2. The first-order valence-electron chi connectivity index (χ1n) is 8.38. The molecule has 0 aromatic heterocycles. The molecule has 1 rings (SSSR count). The van der Waals surface area contributed by atoms with Crippen molar-refractivity contribution in [3.8, 4) is 0 Å². The fourth-order valence-electron chi connectivity index (χ4n) is 2.31. The molecule has 23 heavy (non-hydrogen) atoms. The van der Waals surface area contributed by atoms with Crippen LogP contribution in [0.1, 0.15) is 61.3 Å². The van der Waals surface area contributed by atoms with Gasteiger partial charge in [0.05, 0.1) is 12.1 Å². The Labute approximate surface area is 141 Å². The highest BCUT2D eigenvalue weighted by atomic mass is 28.4. The van der Waals surface area contributed by atoms with E-state index in [9.17, 15) is 9.59 Å². The number of imide groups is 1. The summed E-state index contributed by atoms with van der Waals surface area (Å²) in [5.74, 6) is -0.179. The lowest BCUT2D eigenvalue weighted by molar-refractivity contribution is -0.139. The second-order valence-corrected chi connectivity index (χ2v) is 13.7. The van der Waals surface area contributed by atoms with Crippen molar-refractivity contribution in [3.05, 3.63) is 0 Å². The zero-order valence-electron chi connectivity index (χ0n) is 16.1. The van der Waals surface area contributed by atoms with Crippen LogP contribution >= 0.6 is 0 Å². The van der Waals surface area contributed by atoms with E-state index in [0.717, 1.165) is 0 Å². The quantitative estimate of drug-likeness (QED) is 0.701. The average Bonchev–Trinajstić information content (AvgIpc) is 2.29. The van der Waals surface area contributed by atoms with Gasteiger partial charge in [0, 0.05) is 6.42 Å². The highest BCUT2D eigenvalue weighted by Crippen LogP contribution is 2.39. The van der Waals surface area contributed by atoms with Gasteiger partial charge < -0.3 is 9.16 Å². The largest absolute Gasteiger partial charge is 0.443 e. The maximum Gasteiger partial charge on any atom is 0.417 e. The van der Waals surface area contributed by atoms with Gasteiger partial charge in [0.25, 0.3) is 0 Å². The molecule has 0 N–H and O–H groups in total. The van der Waals surface area contributed by atoms with Gasteiger partial charge in [-0.1, -0.05) is 20.8 Å². The fraction of sp³-hybridized carbons (Fsp3) is 0.882. The van der Waals surface area contributed by atoms with Crippen LogP contribution in [-0.4, -0.2) is 43.0 Å². The maximum atomic E-state index is 12.4. The van der Waals surface area contributed by atoms with E-state index in [1.807, 2.05) is 6.92 Å². The van der Waals surface area contributed by atoms with Crippen LogP contribution < -0.4 is 0 Å². The van der Waals surface area contributed by atoms with Crippen LogP contribution in [0.5, 0.6) is 0 Å². The highest BCUT2D eigenvalue weighted by molar-refractivity contribution is 6.74. The zero-order valence-corrected chi connectivity index (χ0v) is 17.1. The molecule has 2 amide bonds. The number of piperidine rings is 1. The summed E-state index contributed by atoms with van der Waals surface area (Å²) in [4.78, 5) is 25.8. The smallest absolute Gasteiger partial charge is 0.417 e. The van der Waals surface area contributed by atoms with Crippen LogP contribution in [0.4, 0.5) is 4.79 Å². The molecular weight excluding hydrogens is 310 g/mol. The number of rotatable bonds is 2. The molecular formula is C17H33NO4Si. The van der Waals surface area contributed by atoms with Crippen LogP contribution in [0.3, 0.4) is 0 Å². The summed E-state index contributed by atoms with van der Waals surface area (Å²) >= 11 is 0. The zero-order chi connectivity index (χ0) is 18.2. The Hall–Kier alpha value is -0.883. The molecule has 5 nitrogen and oxygen atoms in total. The lowest BCUT2D eigenvalue weighted by Crippen LogP contribution is -2.57. The number of carbonyl (C=O) groups is 2. The van der Waals surface area contributed by atoms with Crippen LogP contribution in [0.2, 0.25) is 18.1 Å². The normalized spacial score (nSPS) is 23.9. The van der Waals surface area contributed by atoms with Crippen LogP contribution in [0.25, 0.3) is 0 Å². The van der Waals surface area contributed by atoms with Gasteiger partial charge in [-0.3, -0.25) is 4.79 Å². The monoisotopic (exact) mass is 343 g/mol. The van der Waals surface area contributed by atoms with Crippen LogP contribution in [-0.2, 0) is 14.0 Å². The summed E-state index contributed by atoms with van der Waals surface area (Å²) in [5.41, 5.74) is -0.621. The van der Waals surface area contributed by atoms with E-state index >= 15 is 0 Å². The Kier molecular flexibility index (Phi) is 5.74. The van der Waals surface area contributed by atoms with Gasteiger partial charge >= 0.3 is 6.09 Å². The second-order valence-electron chi connectivity index (χ2n) is 8.94. The maximum absolute atomic E-state index is 12.4. The molecule has 1 aliphatic heterocycles. The lowest BCUT2D eigenvalue weighted by atomic mass is 10.0. The number of nitrogens with zero attached hydrogens (tertiary/aromatic N) is 1. The van der Waals surface area contributed by atoms with Gasteiger partial charge in [-0.05, 0) is 52.2 Å². The molecule has 1 saturated heterocycles. The minimum absolute atomic E-state index is 0.0882. The topological polar surface area (TPSA) is 55.8 Å². The van der Waals surface area contributed by atoms with E-state index < -0.39 is 20.0 Å². The average molecular weight is 344 g/mol. The van der Waals surface area contributed by atoms with Crippen molar-refractivity contribution >= 4 is 20.3 Å². The van der Waals surface area contributed by atoms with Crippen molar-refractivity contribution in [2.24, 2.45) is 0 Å². The molecule has 0 aromatic rings. The van der Waals surface area contributed by atoms with Crippen LogP contribution in [0.15, 0.2) is 0 Å². The van der Waals surface area contributed by atoms with Crippen molar-refractivity contribution in [3.63, 3.8) is 0 Å². The SMILES string of the molecule is C[C@@H]1[C@@H](O[Si](C)(C)C(C)(C)C)CCC(=O)N1C(=O)OC(C)(C)C. The summed E-state index contributed by atoms with van der Waals surface area (Å²) in [5, 5.41) is 0.0882. The summed E-state index contributed by atoms with van der Waals surface area (Å²) < 4.78 is 11.8. The molecule has 6 heteroatoms. The number of ether oxygens (including phenoxy) is 1. The Morgan fingerprint density at radius 1 is 1.17 bits per heavy atom. The number of hydrogen-bond acceptors (Lipinski definition) is 4. The third kappa shape index (κ3) is 5.04. The van der Waals surface area contributed by atoms with Crippen molar-refractivity contribution in [2.75, 3.05) is 0 Å². The molecule has 0 aromatic carbocycles. The molecule has 0 bridgehead atoms. The van der Waals surface area contributed by atoms with Crippen LogP contribution in [0, 0.1) is 0 Å². The van der Waals surface area contributed by atoms with Gasteiger partial charge in [0.1, 0.15) is 5.60 Å². The standard InChI is InChI=1S/C17H33NO4Si/c1-12-13(22-23(8,9)17(5,6)7)10-11-14(19)18(12)15(20)21-16(2,3)4/h12-13H,10-11H2,1-9H3/t12-,13+/m1/s1. The molecule has 2 atom stereocenters. The van der Waals surface area contributed by atoms with E-state index in [2.05, 4.69) is 33.9 Å². The molecule has 1 aliphatic rings. The molecule has 0 radical (unpaired) electrons. The van der Waals surface area contributed by atoms with E-state index in [1.54, 1.807) is 20.8 Å². The van der Waals surface area contributed by atoms with Gasteiger partial charge in [0.15, 0.2) is 8.32 Å². The van der Waals surface area contributed by atoms with Crippen molar-refractivity contribution in [1.82, 2.24) is 4.90 Å². The number of hydrogen-bond donors (Lipinski definition) is 0. The lowest BCUT2D eigenvalue weighted by Gasteiger charge is -2.44. The minimum Gasteiger partial charge on any atom is -0.443 e. The number of likely N-dealkylation sites (tertiary alicyclic amines) is 1. The van der Waals surface area contributed by atoms with Gasteiger partial charge in [-0.25, -0.2) is 9.69 Å². The highest BCUT2D eigenvalue weighted by Gasteiger charge is 2.45. The van der Waals surface area contributed by atoms with Gasteiger partial charge in [0.2, 0.25) is 5.91 Å². The van der Waals surface area contributed by atoms with E-state index in [4.69, 9.17) is 9.16 Å². The molecule has 0 saturated carbocycles. The molecule has 1 fully saturated rings. The first-order chi connectivity index (χ1) is 10.2. The third-order valence-electron chi connectivity index (χ3n) is 4.70. The van der Waals surface area contributed by atoms with E-state index in [-0.39, 0.29) is 23.1 Å². The summed E-state index contributed by atoms with van der Waals surface area (Å²) in [7, 11) is -1.96. The van der Waals surface area contributed by atoms with E-state index in [0.29, 0.717) is 12.8 Å². The molecule has 1 heterocycles. The number of carbonyl (C=O) groups excluding carboxylic acids is 2. The van der Waals surface area contributed by atoms with E-state index in [1.165, 1.54) is 4.90 Å². The minimum atomic E-state index is -1.96. The van der Waals surface area contributed by atoms with Crippen molar-refractivity contribution in [2.45, 2.75) is 97.2 Å². The second kappa shape index (κ2) is 6.55. The van der Waals surface area contributed by atoms with Crippen molar-refractivity contribution < 1.29 is 18.8 Å². The summed E-state index contributed by atoms with van der Waals surface area (Å²) in [6, 6.07) is -0.305.